The number of rotatable bonds is 7. The van der Waals surface area contributed by atoms with Gasteiger partial charge in [-0.05, 0) is 36.4 Å². The second-order valence-corrected chi connectivity index (χ2v) is 9.98. The van der Waals surface area contributed by atoms with Gasteiger partial charge in [0.1, 0.15) is 0 Å². The summed E-state index contributed by atoms with van der Waals surface area (Å²) in [6.07, 6.45) is -4.85. The van der Waals surface area contributed by atoms with Crippen LogP contribution >= 0.6 is 23.2 Å². The summed E-state index contributed by atoms with van der Waals surface area (Å²) in [5.41, 5.74) is -1.47. The zero-order chi connectivity index (χ0) is 22.7. The molecule has 0 radical (unpaired) electrons. The van der Waals surface area contributed by atoms with Crippen LogP contribution in [0.2, 0.25) is 10.0 Å². The van der Waals surface area contributed by atoms with Crippen molar-refractivity contribution < 1.29 is 30.6 Å². The Kier molecular flexibility index (Phi) is 7.78. The molecule has 0 fully saturated rings. The first-order valence-corrected chi connectivity index (χ1v) is 11.7. The molecule has 6 nitrogen and oxygen atoms in total. The van der Waals surface area contributed by atoms with Gasteiger partial charge in [0.15, 0.2) is 0 Å². The van der Waals surface area contributed by atoms with E-state index < -0.39 is 42.5 Å². The quantitative estimate of drug-likeness (QED) is 0.597. The van der Waals surface area contributed by atoms with Gasteiger partial charge in [-0.15, -0.1) is 0 Å². The lowest BCUT2D eigenvalue weighted by Crippen LogP contribution is -2.25. The minimum absolute atomic E-state index is 0.0187. The van der Waals surface area contributed by atoms with Gasteiger partial charge in [-0.1, -0.05) is 23.2 Å². The molecule has 2 aromatic rings. The van der Waals surface area contributed by atoms with E-state index in [1.807, 2.05) is 0 Å². The topological polar surface area (TPSA) is 92.3 Å². The normalized spacial score (nSPS) is 13.0. The van der Waals surface area contributed by atoms with Crippen molar-refractivity contribution in [3.05, 3.63) is 52.0 Å². The third-order valence-corrected chi connectivity index (χ3v) is 7.00. The van der Waals surface area contributed by atoms with Crippen molar-refractivity contribution in [1.29, 1.82) is 0 Å². The molecule has 0 heterocycles. The fourth-order valence-corrected chi connectivity index (χ4v) is 4.94. The summed E-state index contributed by atoms with van der Waals surface area (Å²) in [6.45, 7) is 1.36. The average molecular weight is 503 g/mol. The highest BCUT2D eigenvalue weighted by Gasteiger charge is 2.34. The van der Waals surface area contributed by atoms with Gasteiger partial charge in [0, 0.05) is 24.2 Å². The number of anilines is 1. The number of carbonyl (C=O) groups is 1. The third kappa shape index (κ3) is 6.34. The van der Waals surface area contributed by atoms with Gasteiger partial charge in [-0.2, -0.15) is 13.2 Å². The maximum Gasteiger partial charge on any atom is 0.417 e. The Labute approximate surface area is 183 Å². The van der Waals surface area contributed by atoms with Crippen LogP contribution in [0.15, 0.2) is 46.2 Å². The molecule has 164 valence electrons. The van der Waals surface area contributed by atoms with E-state index in [1.165, 1.54) is 25.1 Å². The molecule has 0 saturated heterocycles. The molecule has 0 aromatic heterocycles. The molecule has 1 unspecified atom stereocenters. The Morgan fingerprint density at radius 1 is 1.13 bits per heavy atom. The first-order valence-electron chi connectivity index (χ1n) is 8.13. The van der Waals surface area contributed by atoms with E-state index in [9.17, 15) is 30.6 Å². The lowest BCUT2D eigenvalue weighted by Gasteiger charge is -2.15. The third-order valence-electron chi connectivity index (χ3n) is 3.65. The van der Waals surface area contributed by atoms with Crippen molar-refractivity contribution in [1.82, 2.24) is 5.32 Å². The summed E-state index contributed by atoms with van der Waals surface area (Å²) in [5.74, 6) is -0.345. The van der Waals surface area contributed by atoms with E-state index in [1.54, 1.807) is 0 Å². The maximum absolute atomic E-state index is 13.1. The van der Waals surface area contributed by atoms with Crippen molar-refractivity contribution in [3.8, 4) is 0 Å². The van der Waals surface area contributed by atoms with Gasteiger partial charge in [-0.3, -0.25) is 13.7 Å². The van der Waals surface area contributed by atoms with Crippen molar-refractivity contribution in [2.75, 3.05) is 17.0 Å². The van der Waals surface area contributed by atoms with E-state index >= 15 is 0 Å². The number of nitrogens with one attached hydrogen (secondary N) is 2. The molecule has 1 amide bonds. The van der Waals surface area contributed by atoms with E-state index in [-0.39, 0.29) is 33.8 Å². The van der Waals surface area contributed by atoms with Gasteiger partial charge in [0.2, 0.25) is 5.91 Å². The SMILES string of the molecule is CC(=O)NCCS(=O)c1ccc(Cl)cc1NS(=O)(=O)c1ccc(Cl)c(C(F)(F)F)c1. The van der Waals surface area contributed by atoms with E-state index in [4.69, 9.17) is 23.2 Å². The molecule has 2 aromatic carbocycles. The molecule has 2 N–H and O–H groups in total. The Morgan fingerprint density at radius 2 is 1.80 bits per heavy atom. The number of sulfonamides is 1. The summed E-state index contributed by atoms with van der Waals surface area (Å²) in [7, 11) is -6.23. The first kappa shape index (κ1) is 24.4. The number of amides is 1. The summed E-state index contributed by atoms with van der Waals surface area (Å²) in [6, 6.07) is 6.04. The second kappa shape index (κ2) is 9.54. The Hall–Kier alpha value is -1.82. The fraction of sp³-hybridized carbons (Fsp3) is 0.235. The second-order valence-electron chi connectivity index (χ2n) is 5.92. The van der Waals surface area contributed by atoms with Crippen LogP contribution in [0.5, 0.6) is 0 Å². The number of hydrogen-bond acceptors (Lipinski definition) is 4. The number of halogens is 5. The van der Waals surface area contributed by atoms with Crippen LogP contribution < -0.4 is 10.0 Å². The minimum atomic E-state index is -4.85. The molecule has 0 bridgehead atoms. The maximum atomic E-state index is 13.1. The Morgan fingerprint density at radius 3 is 2.40 bits per heavy atom. The molecule has 0 saturated carbocycles. The molecule has 1 atom stereocenters. The van der Waals surface area contributed by atoms with E-state index in [0.29, 0.717) is 6.07 Å². The monoisotopic (exact) mass is 502 g/mol. The van der Waals surface area contributed by atoms with E-state index in [0.717, 1.165) is 12.1 Å². The number of benzene rings is 2. The highest BCUT2D eigenvalue weighted by atomic mass is 35.5. The Balaban J connectivity index is 2.38. The zero-order valence-corrected chi connectivity index (χ0v) is 18.4. The number of hydrogen-bond donors (Lipinski definition) is 2. The van der Waals surface area contributed by atoms with Crippen LogP contribution in [0, 0.1) is 0 Å². The minimum Gasteiger partial charge on any atom is -0.355 e. The molecule has 0 aliphatic carbocycles. The van der Waals surface area contributed by atoms with Gasteiger partial charge in [0.25, 0.3) is 10.0 Å². The van der Waals surface area contributed by atoms with Crippen LogP contribution in [0.3, 0.4) is 0 Å². The standard InChI is InChI=1S/C17H15Cl2F3N2O4S2/c1-10(25)23-6-7-29(26)16-5-2-11(18)8-15(16)24-30(27,28)12-3-4-14(19)13(9-12)17(20,21)22/h2-5,8-9,24H,6-7H2,1H3,(H,23,25). The predicted molar refractivity (Wildman–Crippen MR) is 109 cm³/mol. The lowest BCUT2D eigenvalue weighted by molar-refractivity contribution is -0.137. The van der Waals surface area contributed by atoms with Crippen LogP contribution in [-0.2, 0) is 31.8 Å². The van der Waals surface area contributed by atoms with E-state index in [2.05, 4.69) is 10.0 Å². The predicted octanol–water partition coefficient (Wildman–Crippen LogP) is 4.06. The summed E-state index contributed by atoms with van der Waals surface area (Å²) in [4.78, 5) is 10.3. The molecule has 0 aliphatic heterocycles. The molecule has 0 aliphatic rings. The molecular formula is C17H15Cl2F3N2O4S2. The number of carbonyl (C=O) groups excluding carboxylic acids is 1. The molecule has 13 heteroatoms. The zero-order valence-electron chi connectivity index (χ0n) is 15.2. The smallest absolute Gasteiger partial charge is 0.355 e. The summed E-state index contributed by atoms with van der Waals surface area (Å²) >= 11 is 11.4. The molecular weight excluding hydrogens is 488 g/mol. The van der Waals surface area contributed by atoms with Crippen molar-refractivity contribution >= 4 is 55.6 Å². The highest BCUT2D eigenvalue weighted by Crippen LogP contribution is 2.36. The molecule has 30 heavy (non-hydrogen) atoms. The average Bonchev–Trinajstić information content (AvgIpc) is 2.60. The summed E-state index contributed by atoms with van der Waals surface area (Å²) in [5, 5.41) is 1.93. The van der Waals surface area contributed by atoms with Crippen LogP contribution in [0.4, 0.5) is 18.9 Å². The van der Waals surface area contributed by atoms with Gasteiger partial charge in [0.05, 0.1) is 36.9 Å². The van der Waals surface area contributed by atoms with Gasteiger partial charge in [-0.25, -0.2) is 8.42 Å². The van der Waals surface area contributed by atoms with Crippen LogP contribution in [0.1, 0.15) is 12.5 Å². The highest BCUT2D eigenvalue weighted by molar-refractivity contribution is 7.92. The fourth-order valence-electron chi connectivity index (χ4n) is 2.30. The van der Waals surface area contributed by atoms with Crippen molar-refractivity contribution in [2.24, 2.45) is 0 Å². The molecule has 0 spiro atoms. The van der Waals surface area contributed by atoms with Crippen molar-refractivity contribution in [3.63, 3.8) is 0 Å². The van der Waals surface area contributed by atoms with Gasteiger partial charge >= 0.3 is 6.18 Å². The molecule has 2 rings (SSSR count). The first-order chi connectivity index (χ1) is 13.8. The summed E-state index contributed by atoms with van der Waals surface area (Å²) < 4.78 is 79.1. The van der Waals surface area contributed by atoms with Crippen LogP contribution in [-0.4, -0.2) is 30.8 Å². The lowest BCUT2D eigenvalue weighted by atomic mass is 10.2. The van der Waals surface area contributed by atoms with Crippen molar-refractivity contribution in [2.45, 2.75) is 22.9 Å². The largest absolute Gasteiger partial charge is 0.417 e. The van der Waals surface area contributed by atoms with Gasteiger partial charge < -0.3 is 5.32 Å². The number of alkyl halides is 3. The van der Waals surface area contributed by atoms with Crippen LogP contribution in [0.25, 0.3) is 0 Å². The Bertz CT molecular complexity index is 1090.